The van der Waals surface area contributed by atoms with Crippen molar-refractivity contribution in [2.24, 2.45) is 0 Å². The summed E-state index contributed by atoms with van der Waals surface area (Å²) in [4.78, 5) is 38.5. The molecule has 8 heteroatoms. The van der Waals surface area contributed by atoms with Crippen LogP contribution in [0.2, 0.25) is 0 Å². The van der Waals surface area contributed by atoms with Gasteiger partial charge in [-0.25, -0.2) is 9.83 Å². The van der Waals surface area contributed by atoms with Crippen LogP contribution in [0.25, 0.3) is 16.1 Å². The molecular weight excluding hydrogens is 464 g/mol. The summed E-state index contributed by atoms with van der Waals surface area (Å²) in [6.07, 6.45) is 3.73. The number of rotatable bonds is 9. The molecule has 0 bridgehead atoms. The smallest absolute Gasteiger partial charge is 0.273 e. The Hall–Kier alpha value is -4.77. The summed E-state index contributed by atoms with van der Waals surface area (Å²) in [6, 6.07) is 20.5. The van der Waals surface area contributed by atoms with Crippen molar-refractivity contribution < 1.29 is 4.79 Å². The van der Waals surface area contributed by atoms with Gasteiger partial charge in [-0.1, -0.05) is 60.7 Å². The summed E-state index contributed by atoms with van der Waals surface area (Å²) in [7, 11) is 0. The number of amides is 1. The molecule has 37 heavy (non-hydrogen) atoms. The van der Waals surface area contributed by atoms with Gasteiger partial charge >= 0.3 is 0 Å². The lowest BCUT2D eigenvalue weighted by atomic mass is 10.1. The lowest BCUT2D eigenvalue weighted by Crippen LogP contribution is -2.34. The van der Waals surface area contributed by atoms with Crippen LogP contribution in [0.1, 0.15) is 28.9 Å². The maximum atomic E-state index is 13.5. The minimum absolute atomic E-state index is 0.158. The second kappa shape index (κ2) is 11.8. The number of nitrogens with one attached hydrogen (secondary N) is 1. The van der Waals surface area contributed by atoms with E-state index in [1.54, 1.807) is 36.5 Å². The Labute approximate surface area is 215 Å². The zero-order valence-electron chi connectivity index (χ0n) is 20.6. The Kier molecular flexibility index (Phi) is 8.06. The Balaban J connectivity index is 1.56. The van der Waals surface area contributed by atoms with E-state index in [4.69, 9.17) is 12.3 Å². The van der Waals surface area contributed by atoms with Gasteiger partial charge in [-0.05, 0) is 48.9 Å². The van der Waals surface area contributed by atoms with Gasteiger partial charge in [0.2, 0.25) is 5.91 Å². The van der Waals surface area contributed by atoms with Crippen molar-refractivity contribution in [3.63, 3.8) is 0 Å². The molecule has 0 fully saturated rings. The fraction of sp³-hybridized carbons (Fsp3) is 0.207. The minimum Gasteiger partial charge on any atom is -0.384 e. The molecule has 186 valence electrons. The van der Waals surface area contributed by atoms with Gasteiger partial charge in [0.15, 0.2) is 5.69 Å². The van der Waals surface area contributed by atoms with E-state index in [-0.39, 0.29) is 24.6 Å². The van der Waals surface area contributed by atoms with Gasteiger partial charge in [0.05, 0.1) is 18.5 Å². The van der Waals surface area contributed by atoms with Crippen LogP contribution in [0.5, 0.6) is 0 Å². The van der Waals surface area contributed by atoms with Crippen molar-refractivity contribution in [1.29, 1.82) is 0 Å². The molecule has 0 saturated carbocycles. The number of pyridine rings is 1. The monoisotopic (exact) mass is 492 g/mol. The van der Waals surface area contributed by atoms with Crippen LogP contribution < -0.4 is 16.6 Å². The zero-order chi connectivity index (χ0) is 26.2. The van der Waals surface area contributed by atoms with Crippen LogP contribution in [0.15, 0.2) is 77.7 Å². The zero-order valence-corrected chi connectivity index (χ0v) is 20.6. The van der Waals surface area contributed by atoms with Gasteiger partial charge in [-0.15, -0.1) is 0 Å². The Morgan fingerprint density at radius 2 is 1.81 bits per heavy atom. The maximum Gasteiger partial charge on any atom is 0.273 e. The van der Waals surface area contributed by atoms with E-state index in [9.17, 15) is 9.59 Å². The van der Waals surface area contributed by atoms with Gasteiger partial charge < -0.3 is 11.1 Å². The average molecular weight is 493 g/mol. The van der Waals surface area contributed by atoms with E-state index >= 15 is 0 Å². The molecule has 0 saturated heterocycles. The highest BCUT2D eigenvalue weighted by molar-refractivity contribution is 5.77. The van der Waals surface area contributed by atoms with E-state index in [1.165, 1.54) is 10.1 Å². The van der Waals surface area contributed by atoms with Crippen LogP contribution in [0.4, 0.5) is 11.5 Å². The topological polar surface area (TPSA) is 107 Å². The molecule has 0 radical (unpaired) electrons. The number of carbonyl (C=O) groups excluding carboxylic acids is 1. The summed E-state index contributed by atoms with van der Waals surface area (Å²) < 4.78 is 1.46. The van der Waals surface area contributed by atoms with Gasteiger partial charge in [0.1, 0.15) is 18.1 Å². The first-order chi connectivity index (χ1) is 17.9. The first kappa shape index (κ1) is 25.3. The van der Waals surface area contributed by atoms with Gasteiger partial charge in [0, 0.05) is 12.2 Å². The SMILES string of the molecule is [C-]#[N+]c1ccc(-c2cnc(CCCc3ccccc3)c(=O)n2CC(=O)NCc2ccc(N)nc2C)cc1. The number of nitrogen functional groups attached to an aromatic ring is 1. The van der Waals surface area contributed by atoms with Crippen LogP contribution >= 0.6 is 0 Å². The Bertz CT molecular complexity index is 1490. The highest BCUT2D eigenvalue weighted by Gasteiger charge is 2.15. The molecule has 2 heterocycles. The number of hydrogen-bond acceptors (Lipinski definition) is 5. The van der Waals surface area contributed by atoms with Gasteiger partial charge in [0.25, 0.3) is 5.56 Å². The van der Waals surface area contributed by atoms with Crippen molar-refractivity contribution in [3.8, 4) is 11.3 Å². The molecule has 2 aromatic heterocycles. The number of nitrogens with zero attached hydrogens (tertiary/aromatic N) is 4. The molecule has 0 unspecified atom stereocenters. The molecule has 0 atom stereocenters. The molecule has 3 N–H and O–H groups in total. The first-order valence-corrected chi connectivity index (χ1v) is 12.0. The molecule has 1 amide bonds. The Morgan fingerprint density at radius 1 is 1.05 bits per heavy atom. The minimum atomic E-state index is -0.307. The molecule has 4 rings (SSSR count). The summed E-state index contributed by atoms with van der Waals surface area (Å²) in [5, 5.41) is 2.88. The molecule has 4 aromatic rings. The number of nitrogens with two attached hydrogens (primary N) is 1. The predicted molar refractivity (Wildman–Crippen MR) is 144 cm³/mol. The highest BCUT2D eigenvalue weighted by Crippen LogP contribution is 2.22. The molecule has 8 nitrogen and oxygen atoms in total. The van der Waals surface area contributed by atoms with Crippen molar-refractivity contribution in [2.45, 2.75) is 39.3 Å². The second-order valence-electron chi connectivity index (χ2n) is 8.74. The molecule has 0 spiro atoms. The third-order valence-electron chi connectivity index (χ3n) is 6.13. The quantitative estimate of drug-likeness (QED) is 0.340. The van der Waals surface area contributed by atoms with E-state index in [2.05, 4.69) is 32.3 Å². The van der Waals surface area contributed by atoms with Crippen molar-refractivity contribution in [1.82, 2.24) is 19.9 Å². The van der Waals surface area contributed by atoms with E-state index in [0.717, 1.165) is 24.1 Å². The molecule has 0 aliphatic heterocycles. The summed E-state index contributed by atoms with van der Waals surface area (Å²) in [5.74, 6) is 0.114. The fourth-order valence-corrected chi connectivity index (χ4v) is 4.09. The number of benzene rings is 2. The first-order valence-electron chi connectivity index (χ1n) is 12.0. The number of anilines is 1. The third kappa shape index (κ3) is 6.47. The standard InChI is InChI=1S/C29H28N6O2/c1-20-23(13-16-27(30)34-20)17-33-28(36)19-35-26(22-11-14-24(31-2)15-12-22)18-32-25(29(35)37)10-6-9-21-7-4-3-5-8-21/h3-5,7-8,11-16,18H,6,9-10,17,19H2,1H3,(H2,30,34)(H,33,36). The van der Waals surface area contributed by atoms with E-state index < -0.39 is 0 Å². The van der Waals surface area contributed by atoms with E-state index in [1.807, 2.05) is 31.2 Å². The Morgan fingerprint density at radius 3 is 2.51 bits per heavy atom. The summed E-state index contributed by atoms with van der Waals surface area (Å²) in [6.45, 7) is 9.13. The third-order valence-corrected chi connectivity index (χ3v) is 6.13. The van der Waals surface area contributed by atoms with Crippen LogP contribution in [0, 0.1) is 13.5 Å². The summed E-state index contributed by atoms with van der Waals surface area (Å²) >= 11 is 0. The molecular formula is C29H28N6O2. The number of hydrogen-bond donors (Lipinski definition) is 2. The van der Waals surface area contributed by atoms with Gasteiger partial charge in [-0.3, -0.25) is 19.1 Å². The molecule has 2 aromatic carbocycles. The normalized spacial score (nSPS) is 10.6. The summed E-state index contributed by atoms with van der Waals surface area (Å²) in [5.41, 5.74) is 10.4. The fourth-order valence-electron chi connectivity index (χ4n) is 4.09. The average Bonchev–Trinajstić information content (AvgIpc) is 2.91. The van der Waals surface area contributed by atoms with Crippen LogP contribution in [-0.2, 0) is 30.7 Å². The maximum absolute atomic E-state index is 13.5. The van der Waals surface area contributed by atoms with Crippen molar-refractivity contribution >= 4 is 17.4 Å². The molecule has 0 aliphatic carbocycles. The number of carbonyl (C=O) groups is 1. The van der Waals surface area contributed by atoms with Crippen LogP contribution in [-0.4, -0.2) is 20.4 Å². The highest BCUT2D eigenvalue weighted by atomic mass is 16.2. The number of aryl methyl sites for hydroxylation is 3. The second-order valence-corrected chi connectivity index (χ2v) is 8.74. The van der Waals surface area contributed by atoms with Crippen molar-refractivity contribution in [3.05, 3.63) is 117 Å². The molecule has 0 aliphatic rings. The lowest BCUT2D eigenvalue weighted by molar-refractivity contribution is -0.121. The van der Waals surface area contributed by atoms with Crippen LogP contribution in [0.3, 0.4) is 0 Å². The van der Waals surface area contributed by atoms with E-state index in [0.29, 0.717) is 34.9 Å². The van der Waals surface area contributed by atoms with Crippen molar-refractivity contribution in [2.75, 3.05) is 5.73 Å². The largest absolute Gasteiger partial charge is 0.384 e. The van der Waals surface area contributed by atoms with Gasteiger partial charge in [-0.2, -0.15) is 0 Å². The predicted octanol–water partition coefficient (Wildman–Crippen LogP) is 4.24. The number of aromatic nitrogens is 3. The lowest BCUT2D eigenvalue weighted by Gasteiger charge is -2.15.